The SMILES string of the molecule is CCC1Cc2ccc(C(C)C(=O)OCCN3CCN(c4cccc(C(F)(F)F)c4)CC3)cc2C1.Cl. The van der Waals surface area contributed by atoms with E-state index in [-0.39, 0.29) is 24.3 Å². The van der Waals surface area contributed by atoms with E-state index in [0.29, 0.717) is 50.9 Å². The highest BCUT2D eigenvalue weighted by Gasteiger charge is 2.31. The molecule has 1 heterocycles. The van der Waals surface area contributed by atoms with Crippen LogP contribution in [0.4, 0.5) is 18.9 Å². The van der Waals surface area contributed by atoms with Crippen LogP contribution >= 0.6 is 12.4 Å². The zero-order chi connectivity index (χ0) is 24.3. The Hall–Kier alpha value is -2.25. The lowest BCUT2D eigenvalue weighted by Crippen LogP contribution is -2.47. The van der Waals surface area contributed by atoms with E-state index >= 15 is 0 Å². The van der Waals surface area contributed by atoms with E-state index in [2.05, 4.69) is 30.0 Å². The second kappa shape index (κ2) is 11.7. The van der Waals surface area contributed by atoms with Crippen LogP contribution in [0.2, 0.25) is 0 Å². The van der Waals surface area contributed by atoms with Crippen LogP contribution in [0.15, 0.2) is 42.5 Å². The fourth-order valence-electron chi connectivity index (χ4n) is 4.93. The molecular weight excluding hydrogens is 477 g/mol. The van der Waals surface area contributed by atoms with E-state index in [1.807, 2.05) is 11.8 Å². The van der Waals surface area contributed by atoms with Crippen molar-refractivity contribution in [2.75, 3.05) is 44.2 Å². The van der Waals surface area contributed by atoms with Gasteiger partial charge >= 0.3 is 12.1 Å². The molecule has 2 aliphatic rings. The van der Waals surface area contributed by atoms with Crippen LogP contribution in [-0.2, 0) is 28.5 Å². The van der Waals surface area contributed by atoms with Crippen molar-refractivity contribution in [1.29, 1.82) is 0 Å². The van der Waals surface area contributed by atoms with E-state index in [4.69, 9.17) is 4.74 Å². The molecule has 0 saturated carbocycles. The maximum atomic E-state index is 13.0. The molecule has 0 bridgehead atoms. The van der Waals surface area contributed by atoms with Crippen LogP contribution in [-0.4, -0.2) is 50.2 Å². The van der Waals surface area contributed by atoms with Crippen LogP contribution in [0.25, 0.3) is 0 Å². The minimum atomic E-state index is -4.34. The molecule has 4 nitrogen and oxygen atoms in total. The van der Waals surface area contributed by atoms with Crippen LogP contribution < -0.4 is 4.90 Å². The Morgan fingerprint density at radius 1 is 1.06 bits per heavy atom. The van der Waals surface area contributed by atoms with Gasteiger partial charge in [-0.2, -0.15) is 13.2 Å². The van der Waals surface area contributed by atoms with Crippen molar-refractivity contribution in [1.82, 2.24) is 4.90 Å². The van der Waals surface area contributed by atoms with Gasteiger partial charge in [0.1, 0.15) is 6.61 Å². The Labute approximate surface area is 211 Å². The molecule has 2 aromatic rings. The number of ether oxygens (including phenoxy) is 1. The zero-order valence-corrected chi connectivity index (χ0v) is 21.1. The molecule has 2 atom stereocenters. The number of hydrogen-bond acceptors (Lipinski definition) is 4. The molecule has 1 aliphatic carbocycles. The van der Waals surface area contributed by atoms with Gasteiger partial charge in [0.2, 0.25) is 0 Å². The van der Waals surface area contributed by atoms with Gasteiger partial charge in [-0.15, -0.1) is 12.4 Å². The number of alkyl halides is 3. The number of carbonyl (C=O) groups is 1. The minimum Gasteiger partial charge on any atom is -0.464 e. The van der Waals surface area contributed by atoms with Crippen molar-refractivity contribution in [2.24, 2.45) is 5.92 Å². The highest BCUT2D eigenvalue weighted by molar-refractivity contribution is 5.85. The zero-order valence-electron chi connectivity index (χ0n) is 20.3. The molecule has 4 rings (SSSR count). The standard InChI is InChI=1S/C27H33F3N2O2.ClH/c1-3-20-15-22-8-7-21(17-23(22)16-20)19(2)26(33)34-14-13-31-9-11-32(12-10-31)25-6-4-5-24(18-25)27(28,29)30;/h4-8,17-20H,3,9-16H2,1-2H3;1H. The number of fused-ring (bicyclic) bond motifs is 1. The molecule has 1 aliphatic heterocycles. The van der Waals surface area contributed by atoms with Gasteiger partial charge in [0.15, 0.2) is 0 Å². The third-order valence-electron chi connectivity index (χ3n) is 7.24. The van der Waals surface area contributed by atoms with Gasteiger partial charge in [0.25, 0.3) is 0 Å². The third-order valence-corrected chi connectivity index (χ3v) is 7.24. The second-order valence-electron chi connectivity index (χ2n) is 9.48. The first-order valence-corrected chi connectivity index (χ1v) is 12.2. The van der Waals surface area contributed by atoms with Gasteiger partial charge in [0.05, 0.1) is 11.5 Å². The Morgan fingerprint density at radius 2 is 1.77 bits per heavy atom. The maximum absolute atomic E-state index is 13.0. The van der Waals surface area contributed by atoms with Crippen molar-refractivity contribution >= 4 is 24.1 Å². The topological polar surface area (TPSA) is 32.8 Å². The Balaban J connectivity index is 0.00000342. The van der Waals surface area contributed by atoms with Crippen molar-refractivity contribution in [2.45, 2.75) is 45.2 Å². The molecule has 192 valence electrons. The molecule has 0 N–H and O–H groups in total. The molecule has 2 aromatic carbocycles. The summed E-state index contributed by atoms with van der Waals surface area (Å²) >= 11 is 0. The van der Waals surface area contributed by atoms with Crippen molar-refractivity contribution in [3.05, 3.63) is 64.7 Å². The van der Waals surface area contributed by atoms with Crippen LogP contribution in [0.3, 0.4) is 0 Å². The lowest BCUT2D eigenvalue weighted by atomic mass is 9.97. The predicted octanol–water partition coefficient (Wildman–Crippen LogP) is 5.72. The lowest BCUT2D eigenvalue weighted by Gasteiger charge is -2.36. The summed E-state index contributed by atoms with van der Waals surface area (Å²) < 4.78 is 44.5. The molecule has 0 amide bonds. The Bertz CT molecular complexity index is 1010. The first kappa shape index (κ1) is 27.3. The maximum Gasteiger partial charge on any atom is 0.416 e. The second-order valence-corrected chi connectivity index (χ2v) is 9.48. The van der Waals surface area contributed by atoms with Crippen molar-refractivity contribution in [3.63, 3.8) is 0 Å². The van der Waals surface area contributed by atoms with E-state index in [9.17, 15) is 18.0 Å². The molecule has 0 radical (unpaired) electrons. The first-order valence-electron chi connectivity index (χ1n) is 12.2. The number of carbonyl (C=O) groups excluding carboxylic acids is 1. The van der Waals surface area contributed by atoms with E-state index in [1.54, 1.807) is 6.07 Å². The van der Waals surface area contributed by atoms with Crippen LogP contribution in [0.1, 0.15) is 48.4 Å². The molecular formula is C27H34ClF3N2O2. The van der Waals surface area contributed by atoms with Gasteiger partial charge < -0.3 is 9.64 Å². The summed E-state index contributed by atoms with van der Waals surface area (Å²) in [6.45, 7) is 7.76. The Morgan fingerprint density at radius 3 is 2.46 bits per heavy atom. The average molecular weight is 511 g/mol. The lowest BCUT2D eigenvalue weighted by molar-refractivity contribution is -0.145. The molecule has 1 fully saturated rings. The van der Waals surface area contributed by atoms with Gasteiger partial charge in [-0.05, 0) is 60.6 Å². The van der Waals surface area contributed by atoms with E-state index in [0.717, 1.165) is 24.5 Å². The van der Waals surface area contributed by atoms with Crippen LogP contribution in [0.5, 0.6) is 0 Å². The molecule has 35 heavy (non-hydrogen) atoms. The highest BCUT2D eigenvalue weighted by atomic mass is 35.5. The number of esters is 1. The molecule has 0 aromatic heterocycles. The molecule has 1 saturated heterocycles. The number of nitrogens with zero attached hydrogens (tertiary/aromatic N) is 2. The number of hydrogen-bond donors (Lipinski definition) is 0. The predicted molar refractivity (Wildman–Crippen MR) is 134 cm³/mol. The Kier molecular flexibility index (Phi) is 9.11. The normalized spacial score (nSPS) is 19.1. The molecule has 8 heteroatoms. The van der Waals surface area contributed by atoms with Gasteiger partial charge in [-0.25, -0.2) is 0 Å². The van der Waals surface area contributed by atoms with Gasteiger partial charge in [-0.3, -0.25) is 9.69 Å². The van der Waals surface area contributed by atoms with Gasteiger partial charge in [0, 0.05) is 38.4 Å². The summed E-state index contributed by atoms with van der Waals surface area (Å²) in [6, 6.07) is 11.9. The molecule has 0 spiro atoms. The highest BCUT2D eigenvalue weighted by Crippen LogP contribution is 2.33. The summed E-state index contributed by atoms with van der Waals surface area (Å²) in [5.74, 6) is 0.192. The van der Waals surface area contributed by atoms with E-state index < -0.39 is 11.7 Å². The summed E-state index contributed by atoms with van der Waals surface area (Å²) in [7, 11) is 0. The summed E-state index contributed by atoms with van der Waals surface area (Å²) in [6.07, 6.45) is -0.938. The third kappa shape index (κ3) is 6.70. The number of benzene rings is 2. The minimum absolute atomic E-state index is 0. The first-order chi connectivity index (χ1) is 16.2. The van der Waals surface area contributed by atoms with Crippen molar-refractivity contribution < 1.29 is 22.7 Å². The average Bonchev–Trinajstić information content (AvgIpc) is 3.26. The summed E-state index contributed by atoms with van der Waals surface area (Å²) in [5.41, 5.74) is 3.75. The smallest absolute Gasteiger partial charge is 0.416 e. The van der Waals surface area contributed by atoms with E-state index in [1.165, 1.54) is 29.7 Å². The quantitative estimate of drug-likeness (QED) is 0.446. The van der Waals surface area contributed by atoms with Crippen LogP contribution in [0, 0.1) is 5.92 Å². The largest absolute Gasteiger partial charge is 0.464 e. The van der Waals surface area contributed by atoms with Crippen molar-refractivity contribution in [3.8, 4) is 0 Å². The number of anilines is 1. The summed E-state index contributed by atoms with van der Waals surface area (Å²) in [5, 5.41) is 0. The fourth-order valence-corrected chi connectivity index (χ4v) is 4.93. The molecule has 2 unspecified atom stereocenters. The number of piperazine rings is 1. The van der Waals surface area contributed by atoms with Gasteiger partial charge in [-0.1, -0.05) is 37.6 Å². The fraction of sp³-hybridized carbons (Fsp3) is 0.519. The summed E-state index contributed by atoms with van der Waals surface area (Å²) in [4.78, 5) is 16.8. The number of halogens is 4. The number of rotatable bonds is 7. The monoisotopic (exact) mass is 510 g/mol.